The molecule has 0 radical (unpaired) electrons. The van der Waals surface area contributed by atoms with Gasteiger partial charge in [0.15, 0.2) is 11.5 Å². The number of nitrogens with two attached hydrogens (primary N) is 1. The van der Waals surface area contributed by atoms with E-state index in [2.05, 4.69) is 29.6 Å². The van der Waals surface area contributed by atoms with E-state index in [1.807, 2.05) is 12.1 Å². The van der Waals surface area contributed by atoms with Crippen LogP contribution in [-0.4, -0.2) is 27.9 Å². The molecule has 0 aromatic heterocycles. The summed E-state index contributed by atoms with van der Waals surface area (Å²) in [4.78, 5) is 0. The fourth-order valence-corrected chi connectivity index (χ4v) is 3.10. The van der Waals surface area contributed by atoms with Gasteiger partial charge in [-0.25, -0.2) is 0 Å². The zero-order valence-corrected chi connectivity index (χ0v) is 13.3. The first-order valence-corrected chi connectivity index (χ1v) is 7.49. The Morgan fingerprint density at radius 3 is 2.23 bits per heavy atom. The summed E-state index contributed by atoms with van der Waals surface area (Å²) in [6.45, 7) is 1.07. The van der Waals surface area contributed by atoms with E-state index < -0.39 is 0 Å². The van der Waals surface area contributed by atoms with Gasteiger partial charge in [0.1, 0.15) is 11.8 Å². The summed E-state index contributed by atoms with van der Waals surface area (Å²) in [5.74, 6) is 2.47. The minimum atomic E-state index is 0.287. The molecule has 2 aromatic rings. The molecule has 0 bridgehead atoms. The Kier molecular flexibility index (Phi) is 4.20. The van der Waals surface area contributed by atoms with Crippen LogP contribution >= 0.6 is 0 Å². The standard InChI is InChI=1S/C18H21NO3/c1-20-14-6-4-12(5-7-14)18-15-11-17(22-3)16(21-2)10-13(15)8-9-19-18/h4-7,10-11,18-19H,8-9H2,1-3H3/p+1/t18-/m0/s1. The number of rotatable bonds is 4. The van der Waals surface area contributed by atoms with E-state index in [0.717, 1.165) is 30.2 Å². The lowest BCUT2D eigenvalue weighted by Crippen LogP contribution is -2.87. The van der Waals surface area contributed by atoms with Gasteiger partial charge in [-0.1, -0.05) is 0 Å². The van der Waals surface area contributed by atoms with Crippen molar-refractivity contribution in [2.45, 2.75) is 12.5 Å². The van der Waals surface area contributed by atoms with Crippen molar-refractivity contribution in [2.24, 2.45) is 0 Å². The highest BCUT2D eigenvalue weighted by atomic mass is 16.5. The first-order chi connectivity index (χ1) is 10.8. The summed E-state index contributed by atoms with van der Waals surface area (Å²) in [6.07, 6.45) is 1.04. The van der Waals surface area contributed by atoms with Crippen molar-refractivity contribution in [3.63, 3.8) is 0 Å². The monoisotopic (exact) mass is 300 g/mol. The number of benzene rings is 2. The third kappa shape index (κ3) is 2.62. The van der Waals surface area contributed by atoms with Crippen molar-refractivity contribution in [3.05, 3.63) is 53.1 Å². The topological polar surface area (TPSA) is 44.3 Å². The van der Waals surface area contributed by atoms with Crippen LogP contribution in [0, 0.1) is 0 Å². The van der Waals surface area contributed by atoms with E-state index in [1.165, 1.54) is 16.7 Å². The maximum absolute atomic E-state index is 5.46. The van der Waals surface area contributed by atoms with Crippen molar-refractivity contribution in [1.82, 2.24) is 0 Å². The zero-order valence-electron chi connectivity index (χ0n) is 13.3. The lowest BCUT2D eigenvalue weighted by Gasteiger charge is -2.25. The van der Waals surface area contributed by atoms with Crippen LogP contribution in [0.15, 0.2) is 36.4 Å². The summed E-state index contributed by atoms with van der Waals surface area (Å²) < 4.78 is 16.1. The van der Waals surface area contributed by atoms with E-state index in [0.29, 0.717) is 0 Å². The molecule has 0 aliphatic carbocycles. The Bertz CT molecular complexity index is 652. The SMILES string of the molecule is COc1ccc([C@@H]2[NH2+]CCc3cc(OC)c(OC)cc32)cc1. The van der Waals surface area contributed by atoms with Crippen molar-refractivity contribution in [3.8, 4) is 17.2 Å². The Morgan fingerprint density at radius 1 is 0.909 bits per heavy atom. The minimum Gasteiger partial charge on any atom is -0.497 e. The van der Waals surface area contributed by atoms with E-state index in [4.69, 9.17) is 14.2 Å². The zero-order chi connectivity index (χ0) is 15.5. The van der Waals surface area contributed by atoms with Gasteiger partial charge in [-0.2, -0.15) is 0 Å². The number of ether oxygens (including phenoxy) is 3. The molecule has 0 fully saturated rings. The molecule has 1 heterocycles. The minimum absolute atomic E-state index is 0.287. The molecule has 4 heteroatoms. The second-order valence-corrected chi connectivity index (χ2v) is 5.43. The summed E-state index contributed by atoms with van der Waals surface area (Å²) in [5.41, 5.74) is 3.91. The maximum atomic E-state index is 5.46. The highest BCUT2D eigenvalue weighted by Gasteiger charge is 2.27. The molecule has 22 heavy (non-hydrogen) atoms. The predicted octanol–water partition coefficient (Wildman–Crippen LogP) is 1.92. The second kappa shape index (κ2) is 6.28. The average Bonchev–Trinajstić information content (AvgIpc) is 2.60. The highest BCUT2D eigenvalue weighted by molar-refractivity contribution is 5.50. The second-order valence-electron chi connectivity index (χ2n) is 5.43. The number of quaternary nitrogens is 1. The number of hydrogen-bond donors (Lipinski definition) is 1. The smallest absolute Gasteiger partial charge is 0.161 e. The molecule has 0 saturated carbocycles. The molecule has 1 aliphatic heterocycles. The largest absolute Gasteiger partial charge is 0.497 e. The van der Waals surface area contributed by atoms with Gasteiger partial charge in [0.2, 0.25) is 0 Å². The van der Waals surface area contributed by atoms with Gasteiger partial charge in [-0.05, 0) is 42.0 Å². The number of hydrogen-bond acceptors (Lipinski definition) is 3. The van der Waals surface area contributed by atoms with Crippen LogP contribution in [0.5, 0.6) is 17.2 Å². The normalized spacial score (nSPS) is 16.8. The first-order valence-electron chi connectivity index (χ1n) is 7.49. The Morgan fingerprint density at radius 2 is 1.59 bits per heavy atom. The Labute approximate surface area is 131 Å². The highest BCUT2D eigenvalue weighted by Crippen LogP contribution is 2.35. The van der Waals surface area contributed by atoms with Gasteiger partial charge in [0, 0.05) is 17.5 Å². The first kappa shape index (κ1) is 14.7. The van der Waals surface area contributed by atoms with E-state index >= 15 is 0 Å². The van der Waals surface area contributed by atoms with Crippen LogP contribution < -0.4 is 19.5 Å². The molecule has 0 spiro atoms. The van der Waals surface area contributed by atoms with Gasteiger partial charge in [-0.3, -0.25) is 0 Å². The van der Waals surface area contributed by atoms with Gasteiger partial charge in [0.05, 0.1) is 27.9 Å². The molecule has 1 atom stereocenters. The summed E-state index contributed by atoms with van der Waals surface area (Å²) in [5, 5.41) is 2.37. The molecule has 0 unspecified atom stereocenters. The summed E-state index contributed by atoms with van der Waals surface area (Å²) in [6, 6.07) is 12.8. The lowest BCUT2D eigenvalue weighted by atomic mass is 9.89. The van der Waals surface area contributed by atoms with Crippen LogP contribution in [0.1, 0.15) is 22.7 Å². The van der Waals surface area contributed by atoms with Gasteiger partial charge in [-0.15, -0.1) is 0 Å². The fourth-order valence-electron chi connectivity index (χ4n) is 3.10. The lowest BCUT2D eigenvalue weighted by molar-refractivity contribution is -0.690. The van der Waals surface area contributed by atoms with Crippen LogP contribution in [0.4, 0.5) is 0 Å². The predicted molar refractivity (Wildman–Crippen MR) is 84.9 cm³/mol. The third-order valence-corrected chi connectivity index (χ3v) is 4.27. The van der Waals surface area contributed by atoms with Crippen LogP contribution in [0.2, 0.25) is 0 Å². The quantitative estimate of drug-likeness (QED) is 0.938. The number of fused-ring (bicyclic) bond motifs is 1. The van der Waals surface area contributed by atoms with E-state index in [9.17, 15) is 0 Å². The summed E-state index contributed by atoms with van der Waals surface area (Å²) in [7, 11) is 5.05. The summed E-state index contributed by atoms with van der Waals surface area (Å²) >= 11 is 0. The fraction of sp³-hybridized carbons (Fsp3) is 0.333. The maximum Gasteiger partial charge on any atom is 0.161 e. The van der Waals surface area contributed by atoms with Crippen molar-refractivity contribution in [2.75, 3.05) is 27.9 Å². The van der Waals surface area contributed by atoms with Gasteiger partial charge >= 0.3 is 0 Å². The Hall–Kier alpha value is -2.20. The van der Waals surface area contributed by atoms with E-state index in [1.54, 1.807) is 21.3 Å². The Balaban J connectivity index is 2.02. The molecule has 1 aliphatic rings. The molecule has 2 aromatic carbocycles. The molecule has 2 N–H and O–H groups in total. The molecular formula is C18H22NO3+. The van der Waals surface area contributed by atoms with Crippen molar-refractivity contribution in [1.29, 1.82) is 0 Å². The van der Waals surface area contributed by atoms with Crippen LogP contribution in [0.25, 0.3) is 0 Å². The molecule has 4 nitrogen and oxygen atoms in total. The van der Waals surface area contributed by atoms with Gasteiger partial charge < -0.3 is 19.5 Å². The molecule has 0 saturated heterocycles. The average molecular weight is 300 g/mol. The van der Waals surface area contributed by atoms with Gasteiger partial charge in [0.25, 0.3) is 0 Å². The number of methoxy groups -OCH3 is 3. The molecule has 3 rings (SSSR count). The van der Waals surface area contributed by atoms with Crippen molar-refractivity contribution >= 4 is 0 Å². The van der Waals surface area contributed by atoms with Crippen molar-refractivity contribution < 1.29 is 19.5 Å². The van der Waals surface area contributed by atoms with Crippen LogP contribution in [0.3, 0.4) is 0 Å². The third-order valence-electron chi connectivity index (χ3n) is 4.27. The molecule has 0 amide bonds. The van der Waals surface area contributed by atoms with Crippen LogP contribution in [-0.2, 0) is 6.42 Å². The molecular weight excluding hydrogens is 278 g/mol. The molecule has 116 valence electrons. The van der Waals surface area contributed by atoms with E-state index in [-0.39, 0.29) is 6.04 Å².